The van der Waals surface area contributed by atoms with Crippen molar-refractivity contribution in [2.45, 2.75) is 51.6 Å². The van der Waals surface area contributed by atoms with Crippen molar-refractivity contribution in [2.75, 3.05) is 23.7 Å². The predicted octanol–water partition coefficient (Wildman–Crippen LogP) is 6.24. The number of carbonyl (C=O) groups is 2. The Labute approximate surface area is 257 Å². The Morgan fingerprint density at radius 3 is 2.29 bits per heavy atom. The molecule has 0 bridgehead atoms. The first kappa shape index (κ1) is 33.4. The number of amides is 2. The summed E-state index contributed by atoms with van der Waals surface area (Å²) in [5, 5.41) is 3.48. The fourth-order valence-corrected chi connectivity index (χ4v) is 5.91. The van der Waals surface area contributed by atoms with Gasteiger partial charge in [-0.25, -0.2) is 12.8 Å². The van der Waals surface area contributed by atoms with Crippen molar-refractivity contribution in [3.05, 3.63) is 99.8 Å². The first-order chi connectivity index (χ1) is 20.0. The van der Waals surface area contributed by atoms with Crippen LogP contribution in [0.15, 0.2) is 72.8 Å². The molecule has 0 heterocycles. The Hall–Kier alpha value is -3.14. The van der Waals surface area contributed by atoms with Gasteiger partial charge in [0.2, 0.25) is 21.8 Å². The van der Waals surface area contributed by atoms with E-state index in [1.54, 1.807) is 18.2 Å². The van der Waals surface area contributed by atoms with Gasteiger partial charge in [-0.3, -0.25) is 13.9 Å². The van der Waals surface area contributed by atoms with E-state index in [9.17, 15) is 22.4 Å². The topological polar surface area (TPSA) is 86.8 Å². The third kappa shape index (κ3) is 10.00. The first-order valence-corrected chi connectivity index (χ1v) is 16.4. The van der Waals surface area contributed by atoms with Crippen LogP contribution in [-0.4, -0.2) is 50.5 Å². The molecule has 1 atom stereocenters. The van der Waals surface area contributed by atoms with Crippen LogP contribution in [0.4, 0.5) is 10.1 Å². The maximum Gasteiger partial charge on any atom is 0.243 e. The second-order valence-electron chi connectivity index (χ2n) is 10.0. The number of carbonyl (C=O) groups excluding carboxylic acids is 2. The number of halogens is 3. The summed E-state index contributed by atoms with van der Waals surface area (Å²) in [6.45, 7) is 2.55. The summed E-state index contributed by atoms with van der Waals surface area (Å²) in [7, 11) is -3.75. The fraction of sp³-hybridized carbons (Fsp3) is 0.355. The molecule has 0 aliphatic heterocycles. The maximum atomic E-state index is 13.8. The molecule has 0 radical (unpaired) electrons. The number of hydrogen-bond acceptors (Lipinski definition) is 4. The molecule has 226 valence electrons. The largest absolute Gasteiger partial charge is 0.354 e. The highest BCUT2D eigenvalue weighted by Crippen LogP contribution is 2.31. The average molecular weight is 637 g/mol. The molecule has 3 aromatic carbocycles. The van der Waals surface area contributed by atoms with Crippen LogP contribution in [0.1, 0.15) is 43.7 Å². The third-order valence-electron chi connectivity index (χ3n) is 6.70. The highest BCUT2D eigenvalue weighted by molar-refractivity contribution is 7.92. The minimum Gasteiger partial charge on any atom is -0.354 e. The molecule has 0 fully saturated rings. The standard InChI is InChI=1S/C31H36Cl2FN3O4S/c1-3-4-18-35-31(39)29(20-23-9-6-5-7-10-23)36(22-24-12-15-26(34)16-13-24)30(38)11-8-19-37(42(2,40)41)28-21-25(32)14-17-27(28)33/h5-7,9-10,12-17,21,29H,3-4,8,11,18-20,22H2,1-2H3,(H,35,39). The van der Waals surface area contributed by atoms with Crippen LogP contribution < -0.4 is 9.62 Å². The van der Waals surface area contributed by atoms with Gasteiger partial charge in [-0.05, 0) is 54.3 Å². The van der Waals surface area contributed by atoms with Gasteiger partial charge in [-0.15, -0.1) is 0 Å². The van der Waals surface area contributed by atoms with Crippen molar-refractivity contribution in [1.82, 2.24) is 10.2 Å². The monoisotopic (exact) mass is 635 g/mol. The minimum absolute atomic E-state index is 0.0267. The van der Waals surface area contributed by atoms with Crippen molar-refractivity contribution < 1.29 is 22.4 Å². The minimum atomic E-state index is -3.75. The van der Waals surface area contributed by atoms with Crippen molar-refractivity contribution >= 4 is 50.7 Å². The molecule has 11 heteroatoms. The number of benzene rings is 3. The Balaban J connectivity index is 1.88. The molecule has 0 spiro atoms. The van der Waals surface area contributed by atoms with E-state index < -0.39 is 21.9 Å². The fourth-order valence-electron chi connectivity index (χ4n) is 4.51. The number of nitrogens with one attached hydrogen (secondary N) is 1. The van der Waals surface area contributed by atoms with Crippen LogP contribution in [0.5, 0.6) is 0 Å². The molecule has 0 saturated heterocycles. The van der Waals surface area contributed by atoms with Gasteiger partial charge >= 0.3 is 0 Å². The molecule has 0 aliphatic carbocycles. The van der Waals surface area contributed by atoms with Crippen LogP contribution in [0, 0.1) is 5.82 Å². The highest BCUT2D eigenvalue weighted by atomic mass is 35.5. The third-order valence-corrected chi connectivity index (χ3v) is 8.43. The van der Waals surface area contributed by atoms with E-state index in [-0.39, 0.29) is 54.9 Å². The molecule has 1 unspecified atom stereocenters. The maximum absolute atomic E-state index is 13.8. The smallest absolute Gasteiger partial charge is 0.243 e. The molecule has 42 heavy (non-hydrogen) atoms. The quantitative estimate of drug-likeness (QED) is 0.200. The van der Waals surface area contributed by atoms with Gasteiger partial charge in [0.15, 0.2) is 0 Å². The lowest BCUT2D eigenvalue weighted by Crippen LogP contribution is -2.50. The lowest BCUT2D eigenvalue weighted by molar-refractivity contribution is -0.141. The second kappa shape index (κ2) is 15.9. The van der Waals surface area contributed by atoms with E-state index in [2.05, 4.69) is 5.32 Å². The summed E-state index contributed by atoms with van der Waals surface area (Å²) < 4.78 is 40.1. The Kier molecular flexibility index (Phi) is 12.6. The molecule has 7 nitrogen and oxygen atoms in total. The summed E-state index contributed by atoms with van der Waals surface area (Å²) in [5.41, 5.74) is 1.76. The van der Waals surface area contributed by atoms with Crippen molar-refractivity contribution in [3.8, 4) is 0 Å². The molecule has 0 saturated carbocycles. The molecule has 1 N–H and O–H groups in total. The molecule has 0 aliphatic rings. The van der Waals surface area contributed by atoms with Crippen LogP contribution in [0.2, 0.25) is 10.0 Å². The number of rotatable bonds is 15. The van der Waals surface area contributed by atoms with E-state index in [1.807, 2.05) is 37.3 Å². The molecular formula is C31H36Cl2FN3O4S. The lowest BCUT2D eigenvalue weighted by Gasteiger charge is -2.32. The number of hydrogen-bond donors (Lipinski definition) is 1. The second-order valence-corrected chi connectivity index (χ2v) is 12.8. The zero-order valence-corrected chi connectivity index (χ0v) is 26.1. The molecule has 0 aromatic heterocycles. The normalized spacial score (nSPS) is 12.0. The average Bonchev–Trinajstić information content (AvgIpc) is 2.95. The Bertz CT molecular complexity index is 1440. The van der Waals surface area contributed by atoms with E-state index in [0.29, 0.717) is 17.1 Å². The lowest BCUT2D eigenvalue weighted by atomic mass is 10.0. The number of sulfonamides is 1. The van der Waals surface area contributed by atoms with Crippen molar-refractivity contribution in [1.29, 1.82) is 0 Å². The first-order valence-electron chi connectivity index (χ1n) is 13.8. The van der Waals surface area contributed by atoms with E-state index in [0.717, 1.165) is 29.0 Å². The number of nitrogens with zero attached hydrogens (tertiary/aromatic N) is 2. The SMILES string of the molecule is CCCCNC(=O)C(Cc1ccccc1)N(Cc1ccc(F)cc1)C(=O)CCCN(c1cc(Cl)ccc1Cl)S(C)(=O)=O. The van der Waals surface area contributed by atoms with Gasteiger partial charge in [0.25, 0.3) is 0 Å². The van der Waals surface area contributed by atoms with Crippen molar-refractivity contribution in [3.63, 3.8) is 0 Å². The summed E-state index contributed by atoms with van der Waals surface area (Å²) >= 11 is 12.4. The van der Waals surface area contributed by atoms with Crippen LogP contribution in [0.25, 0.3) is 0 Å². The Morgan fingerprint density at radius 1 is 0.952 bits per heavy atom. The van der Waals surface area contributed by atoms with Gasteiger partial charge in [-0.1, -0.05) is 79.0 Å². The van der Waals surface area contributed by atoms with Crippen molar-refractivity contribution in [2.24, 2.45) is 0 Å². The zero-order chi connectivity index (χ0) is 30.7. The van der Waals surface area contributed by atoms with Crippen LogP contribution in [-0.2, 0) is 32.6 Å². The van der Waals surface area contributed by atoms with Gasteiger partial charge in [0, 0.05) is 37.5 Å². The number of unbranched alkanes of at least 4 members (excludes halogenated alkanes) is 1. The molecule has 3 rings (SSSR count). The predicted molar refractivity (Wildman–Crippen MR) is 167 cm³/mol. The summed E-state index contributed by atoms with van der Waals surface area (Å²) in [5.74, 6) is -1.03. The summed E-state index contributed by atoms with van der Waals surface area (Å²) in [6, 6.07) is 18.9. The van der Waals surface area contributed by atoms with Crippen LogP contribution in [0.3, 0.4) is 0 Å². The number of anilines is 1. The van der Waals surface area contributed by atoms with Gasteiger partial charge in [0.05, 0.1) is 17.0 Å². The zero-order valence-electron chi connectivity index (χ0n) is 23.7. The van der Waals surface area contributed by atoms with Gasteiger partial charge in [-0.2, -0.15) is 0 Å². The van der Waals surface area contributed by atoms with Crippen LogP contribution >= 0.6 is 23.2 Å². The summed E-state index contributed by atoms with van der Waals surface area (Å²) in [4.78, 5) is 28.8. The molecule has 3 aromatic rings. The molecule has 2 amide bonds. The van der Waals surface area contributed by atoms with E-state index in [4.69, 9.17) is 23.2 Å². The highest BCUT2D eigenvalue weighted by Gasteiger charge is 2.30. The van der Waals surface area contributed by atoms with Gasteiger partial charge in [0.1, 0.15) is 11.9 Å². The van der Waals surface area contributed by atoms with E-state index in [1.165, 1.54) is 29.2 Å². The van der Waals surface area contributed by atoms with Gasteiger partial charge < -0.3 is 10.2 Å². The van der Waals surface area contributed by atoms with E-state index >= 15 is 0 Å². The molecular weight excluding hydrogens is 600 g/mol. The summed E-state index contributed by atoms with van der Waals surface area (Å²) in [6.07, 6.45) is 3.14. The Morgan fingerprint density at radius 2 is 1.64 bits per heavy atom.